The summed E-state index contributed by atoms with van der Waals surface area (Å²) in [6, 6.07) is 4.09. The summed E-state index contributed by atoms with van der Waals surface area (Å²) < 4.78 is 13.7. The average Bonchev–Trinajstić information content (AvgIpc) is 2.21. The number of hydrogen-bond acceptors (Lipinski definition) is 2. The Labute approximate surface area is 95.4 Å². The zero-order chi connectivity index (χ0) is 11.4. The molecule has 0 saturated heterocycles. The minimum absolute atomic E-state index is 0.0373. The third-order valence-corrected chi connectivity index (χ3v) is 2.46. The maximum Gasteiger partial charge on any atom is 0.254 e. The summed E-state index contributed by atoms with van der Waals surface area (Å²) >= 11 is 2.99. The second kappa shape index (κ2) is 5.23. The van der Waals surface area contributed by atoms with Crippen molar-refractivity contribution in [1.82, 2.24) is 5.32 Å². The number of carbonyl (C=O) groups is 1. The maximum absolute atomic E-state index is 13.4. The highest BCUT2D eigenvalue weighted by molar-refractivity contribution is 9.10. The molecular weight excluding hydrogens is 265 g/mol. The summed E-state index contributed by atoms with van der Waals surface area (Å²) in [6.07, 6.45) is 0. The molecule has 0 bridgehead atoms. The van der Waals surface area contributed by atoms with Crippen LogP contribution in [0.15, 0.2) is 22.7 Å². The van der Waals surface area contributed by atoms with Gasteiger partial charge in [-0.25, -0.2) is 4.39 Å². The van der Waals surface area contributed by atoms with Gasteiger partial charge in [-0.3, -0.25) is 4.79 Å². The Hall–Kier alpha value is -0.940. The molecule has 1 aromatic carbocycles. The molecule has 82 valence electrons. The third-order valence-electron chi connectivity index (χ3n) is 1.85. The SMILES string of the molecule is C[C@@H](CO)NC(=O)c1cccc(Br)c1F. The molecule has 0 aliphatic rings. The van der Waals surface area contributed by atoms with E-state index in [4.69, 9.17) is 5.11 Å². The Kier molecular flexibility index (Phi) is 4.23. The number of amides is 1. The fraction of sp³-hybridized carbons (Fsp3) is 0.300. The van der Waals surface area contributed by atoms with Crippen LogP contribution in [0.25, 0.3) is 0 Å². The molecule has 0 aromatic heterocycles. The van der Waals surface area contributed by atoms with Gasteiger partial charge in [-0.15, -0.1) is 0 Å². The highest BCUT2D eigenvalue weighted by Crippen LogP contribution is 2.18. The van der Waals surface area contributed by atoms with E-state index in [9.17, 15) is 9.18 Å². The van der Waals surface area contributed by atoms with Gasteiger partial charge in [0.2, 0.25) is 0 Å². The largest absolute Gasteiger partial charge is 0.394 e. The van der Waals surface area contributed by atoms with E-state index in [1.54, 1.807) is 13.0 Å². The second-order valence-electron chi connectivity index (χ2n) is 3.16. The van der Waals surface area contributed by atoms with Gasteiger partial charge in [0.25, 0.3) is 5.91 Å². The number of rotatable bonds is 3. The van der Waals surface area contributed by atoms with Crippen LogP contribution >= 0.6 is 15.9 Å². The molecule has 0 saturated carbocycles. The van der Waals surface area contributed by atoms with E-state index in [2.05, 4.69) is 21.2 Å². The smallest absolute Gasteiger partial charge is 0.254 e. The monoisotopic (exact) mass is 275 g/mol. The van der Waals surface area contributed by atoms with Crippen molar-refractivity contribution in [1.29, 1.82) is 0 Å². The molecule has 0 spiro atoms. The number of aliphatic hydroxyl groups excluding tert-OH is 1. The van der Waals surface area contributed by atoms with Crippen LogP contribution in [0.2, 0.25) is 0 Å². The van der Waals surface area contributed by atoms with Gasteiger partial charge in [0, 0.05) is 6.04 Å². The number of hydrogen-bond donors (Lipinski definition) is 2. The fourth-order valence-corrected chi connectivity index (χ4v) is 1.39. The molecule has 1 rings (SSSR count). The van der Waals surface area contributed by atoms with Crippen molar-refractivity contribution in [2.75, 3.05) is 6.61 Å². The molecule has 5 heteroatoms. The van der Waals surface area contributed by atoms with E-state index in [1.807, 2.05) is 0 Å². The van der Waals surface area contributed by atoms with E-state index < -0.39 is 17.8 Å². The van der Waals surface area contributed by atoms with Crippen molar-refractivity contribution in [3.63, 3.8) is 0 Å². The van der Waals surface area contributed by atoms with Crippen LogP contribution in [0.3, 0.4) is 0 Å². The molecule has 15 heavy (non-hydrogen) atoms. The highest BCUT2D eigenvalue weighted by Gasteiger charge is 2.15. The van der Waals surface area contributed by atoms with Crippen LogP contribution in [0.5, 0.6) is 0 Å². The lowest BCUT2D eigenvalue weighted by molar-refractivity contribution is 0.0918. The Morgan fingerprint density at radius 2 is 2.33 bits per heavy atom. The van der Waals surface area contributed by atoms with Crippen LogP contribution < -0.4 is 5.32 Å². The Bertz CT molecular complexity index is 370. The van der Waals surface area contributed by atoms with Gasteiger partial charge in [-0.2, -0.15) is 0 Å². The quantitative estimate of drug-likeness (QED) is 0.882. The summed E-state index contributed by atoms with van der Waals surface area (Å²) in [5, 5.41) is 11.2. The third kappa shape index (κ3) is 3.00. The van der Waals surface area contributed by atoms with Crippen molar-refractivity contribution >= 4 is 21.8 Å². The van der Waals surface area contributed by atoms with E-state index in [0.29, 0.717) is 0 Å². The molecule has 1 aromatic rings. The molecule has 0 aliphatic heterocycles. The van der Waals surface area contributed by atoms with Crippen LogP contribution in [0.1, 0.15) is 17.3 Å². The lowest BCUT2D eigenvalue weighted by atomic mass is 10.2. The van der Waals surface area contributed by atoms with Gasteiger partial charge < -0.3 is 10.4 Å². The van der Waals surface area contributed by atoms with Crippen LogP contribution in [-0.2, 0) is 0 Å². The van der Waals surface area contributed by atoms with Gasteiger partial charge in [-0.05, 0) is 35.0 Å². The van der Waals surface area contributed by atoms with Crippen molar-refractivity contribution in [2.24, 2.45) is 0 Å². The van der Waals surface area contributed by atoms with Gasteiger partial charge in [0.15, 0.2) is 0 Å². The molecular formula is C10H11BrFNO2. The minimum atomic E-state index is -0.597. The minimum Gasteiger partial charge on any atom is -0.394 e. The zero-order valence-electron chi connectivity index (χ0n) is 8.13. The van der Waals surface area contributed by atoms with Crippen molar-refractivity contribution in [3.05, 3.63) is 34.1 Å². The number of aliphatic hydroxyl groups is 1. The van der Waals surface area contributed by atoms with Gasteiger partial charge in [0.05, 0.1) is 16.6 Å². The molecule has 3 nitrogen and oxygen atoms in total. The highest BCUT2D eigenvalue weighted by atomic mass is 79.9. The summed E-state index contributed by atoms with van der Waals surface area (Å²) in [7, 11) is 0. The molecule has 0 aliphatic carbocycles. The molecule has 0 fully saturated rings. The molecule has 0 radical (unpaired) electrons. The predicted molar refractivity (Wildman–Crippen MR) is 58.1 cm³/mol. The van der Waals surface area contributed by atoms with Gasteiger partial charge >= 0.3 is 0 Å². The van der Waals surface area contributed by atoms with Crippen molar-refractivity contribution < 1.29 is 14.3 Å². The molecule has 1 atom stereocenters. The second-order valence-corrected chi connectivity index (χ2v) is 4.01. The summed E-state index contributed by atoms with van der Waals surface area (Å²) in [4.78, 5) is 11.5. The summed E-state index contributed by atoms with van der Waals surface area (Å²) in [6.45, 7) is 1.45. The lowest BCUT2D eigenvalue weighted by Gasteiger charge is -2.11. The lowest BCUT2D eigenvalue weighted by Crippen LogP contribution is -2.35. The molecule has 0 unspecified atom stereocenters. The van der Waals surface area contributed by atoms with E-state index in [0.717, 1.165) is 0 Å². The summed E-state index contributed by atoms with van der Waals surface area (Å²) in [5.74, 6) is -1.13. The first-order chi connectivity index (χ1) is 7.06. The summed E-state index contributed by atoms with van der Waals surface area (Å²) in [5.41, 5.74) is -0.0373. The number of nitrogens with one attached hydrogen (secondary N) is 1. The van der Waals surface area contributed by atoms with Crippen molar-refractivity contribution in [2.45, 2.75) is 13.0 Å². The zero-order valence-corrected chi connectivity index (χ0v) is 9.71. The fourth-order valence-electron chi connectivity index (χ4n) is 1.03. The van der Waals surface area contributed by atoms with Crippen LogP contribution in [0, 0.1) is 5.82 Å². The van der Waals surface area contributed by atoms with Gasteiger partial charge in [-0.1, -0.05) is 6.07 Å². The standard InChI is InChI=1S/C10H11BrFNO2/c1-6(5-14)13-10(15)7-3-2-4-8(11)9(7)12/h2-4,6,14H,5H2,1H3,(H,13,15)/t6-/m0/s1. The Morgan fingerprint density at radius 3 is 2.93 bits per heavy atom. The molecule has 1 amide bonds. The van der Waals surface area contributed by atoms with E-state index >= 15 is 0 Å². The first kappa shape index (κ1) is 12.1. The number of carbonyl (C=O) groups excluding carboxylic acids is 1. The normalized spacial score (nSPS) is 12.3. The number of halogens is 2. The molecule has 2 N–H and O–H groups in total. The Morgan fingerprint density at radius 1 is 1.67 bits per heavy atom. The first-order valence-corrected chi connectivity index (χ1v) is 5.21. The Balaban J connectivity index is 2.87. The van der Waals surface area contributed by atoms with Crippen LogP contribution in [0.4, 0.5) is 4.39 Å². The number of benzene rings is 1. The maximum atomic E-state index is 13.4. The van der Waals surface area contributed by atoms with E-state index in [1.165, 1.54) is 12.1 Å². The van der Waals surface area contributed by atoms with Gasteiger partial charge in [0.1, 0.15) is 5.82 Å². The predicted octanol–water partition coefficient (Wildman–Crippen LogP) is 1.70. The van der Waals surface area contributed by atoms with Crippen molar-refractivity contribution in [3.8, 4) is 0 Å². The first-order valence-electron chi connectivity index (χ1n) is 4.42. The molecule has 0 heterocycles. The topological polar surface area (TPSA) is 49.3 Å². The van der Waals surface area contributed by atoms with E-state index in [-0.39, 0.29) is 16.6 Å². The average molecular weight is 276 g/mol. The van der Waals surface area contributed by atoms with Crippen LogP contribution in [-0.4, -0.2) is 23.7 Å².